The maximum atomic E-state index is 12.6. The summed E-state index contributed by atoms with van der Waals surface area (Å²) in [5.41, 5.74) is 3.70. The third-order valence-electron chi connectivity index (χ3n) is 4.30. The molecular weight excluding hydrogens is 374 g/mol. The van der Waals surface area contributed by atoms with E-state index in [1.54, 1.807) is 14.0 Å². The fraction of sp³-hybridized carbons (Fsp3) is 0.250. The van der Waals surface area contributed by atoms with E-state index in [1.807, 2.05) is 56.3 Å². The molecule has 3 aromatic rings. The number of ether oxygens (including phenoxy) is 1. The molecule has 146 valence electrons. The van der Waals surface area contributed by atoms with Crippen molar-refractivity contribution >= 4 is 23.4 Å². The smallest absolute Gasteiger partial charge is 0.237 e. The third-order valence-corrected chi connectivity index (χ3v) is 5.36. The van der Waals surface area contributed by atoms with Crippen LogP contribution in [0.25, 0.3) is 11.4 Å². The predicted octanol–water partition coefficient (Wildman–Crippen LogP) is 3.40. The van der Waals surface area contributed by atoms with Gasteiger partial charge in [-0.15, -0.1) is 10.2 Å². The van der Waals surface area contributed by atoms with E-state index in [0.29, 0.717) is 16.7 Å². The Labute approximate surface area is 168 Å². The standard InChI is InChI=1S/C20H23N5O2S/c1-12-9-10-16(13(2)11-12)22-19(26)14(3)28-20-24-23-18(25(20)21)15-7-5-6-8-17(15)27-4/h5-11,14H,21H2,1-4H3,(H,22,26). The van der Waals surface area contributed by atoms with Crippen LogP contribution in [0.5, 0.6) is 5.75 Å². The highest BCUT2D eigenvalue weighted by Crippen LogP contribution is 2.30. The van der Waals surface area contributed by atoms with E-state index in [-0.39, 0.29) is 5.91 Å². The number of amides is 1. The van der Waals surface area contributed by atoms with Gasteiger partial charge in [0.25, 0.3) is 0 Å². The molecular formula is C20H23N5O2S. The van der Waals surface area contributed by atoms with E-state index in [2.05, 4.69) is 15.5 Å². The first-order chi connectivity index (χ1) is 13.4. The summed E-state index contributed by atoms with van der Waals surface area (Å²) in [6.07, 6.45) is 0. The lowest BCUT2D eigenvalue weighted by Crippen LogP contribution is -2.24. The van der Waals surface area contributed by atoms with Gasteiger partial charge in [0.1, 0.15) is 5.75 Å². The molecule has 0 aliphatic carbocycles. The van der Waals surface area contributed by atoms with Crippen molar-refractivity contribution in [3.05, 3.63) is 53.6 Å². The van der Waals surface area contributed by atoms with Crippen molar-refractivity contribution in [2.24, 2.45) is 0 Å². The minimum Gasteiger partial charge on any atom is -0.496 e. The lowest BCUT2D eigenvalue weighted by Gasteiger charge is -2.13. The second kappa shape index (κ2) is 8.35. The van der Waals surface area contributed by atoms with Crippen LogP contribution in [0.3, 0.4) is 0 Å². The van der Waals surface area contributed by atoms with Crippen LogP contribution in [0.1, 0.15) is 18.1 Å². The molecule has 0 aliphatic heterocycles. The molecule has 0 fully saturated rings. The summed E-state index contributed by atoms with van der Waals surface area (Å²) in [6, 6.07) is 13.3. The maximum absolute atomic E-state index is 12.6. The van der Waals surface area contributed by atoms with Gasteiger partial charge in [-0.25, -0.2) is 4.68 Å². The lowest BCUT2D eigenvalue weighted by molar-refractivity contribution is -0.115. The molecule has 1 unspecified atom stereocenters. The molecule has 1 aromatic heterocycles. The van der Waals surface area contributed by atoms with Gasteiger partial charge in [-0.1, -0.05) is 41.6 Å². The molecule has 3 rings (SSSR count). The average Bonchev–Trinajstić information content (AvgIpc) is 3.04. The lowest BCUT2D eigenvalue weighted by atomic mass is 10.1. The highest BCUT2D eigenvalue weighted by molar-refractivity contribution is 8.00. The number of carbonyl (C=O) groups is 1. The van der Waals surface area contributed by atoms with E-state index < -0.39 is 5.25 Å². The fourth-order valence-electron chi connectivity index (χ4n) is 2.77. The quantitative estimate of drug-likeness (QED) is 0.489. The minimum atomic E-state index is -0.405. The Hall–Kier alpha value is -3.00. The molecule has 1 heterocycles. The molecule has 1 atom stereocenters. The molecule has 8 heteroatoms. The molecule has 3 N–H and O–H groups in total. The van der Waals surface area contributed by atoms with Gasteiger partial charge in [0, 0.05) is 5.69 Å². The Morgan fingerprint density at radius 3 is 2.68 bits per heavy atom. The Morgan fingerprint density at radius 1 is 1.21 bits per heavy atom. The van der Waals surface area contributed by atoms with Gasteiger partial charge in [-0.3, -0.25) is 4.79 Å². The number of nitrogens with one attached hydrogen (secondary N) is 1. The average molecular weight is 398 g/mol. The van der Waals surface area contributed by atoms with E-state index in [4.69, 9.17) is 10.6 Å². The highest BCUT2D eigenvalue weighted by Gasteiger charge is 2.21. The van der Waals surface area contributed by atoms with Gasteiger partial charge < -0.3 is 15.9 Å². The van der Waals surface area contributed by atoms with Gasteiger partial charge in [-0.2, -0.15) is 0 Å². The first-order valence-electron chi connectivity index (χ1n) is 8.79. The van der Waals surface area contributed by atoms with Crippen molar-refractivity contribution in [1.29, 1.82) is 0 Å². The molecule has 28 heavy (non-hydrogen) atoms. The van der Waals surface area contributed by atoms with Crippen molar-refractivity contribution < 1.29 is 9.53 Å². The van der Waals surface area contributed by atoms with Gasteiger partial charge in [0.05, 0.1) is 17.9 Å². The number of nitrogen functional groups attached to an aromatic ring is 1. The number of hydrogen-bond donors (Lipinski definition) is 2. The van der Waals surface area contributed by atoms with Crippen molar-refractivity contribution in [2.45, 2.75) is 31.2 Å². The van der Waals surface area contributed by atoms with Crippen LogP contribution in [0, 0.1) is 13.8 Å². The SMILES string of the molecule is COc1ccccc1-c1nnc(SC(C)C(=O)Nc2ccc(C)cc2C)n1N. The maximum Gasteiger partial charge on any atom is 0.237 e. The highest BCUT2D eigenvalue weighted by atomic mass is 32.2. The summed E-state index contributed by atoms with van der Waals surface area (Å²) in [7, 11) is 1.59. The second-order valence-corrected chi connectivity index (χ2v) is 7.75. The minimum absolute atomic E-state index is 0.126. The summed E-state index contributed by atoms with van der Waals surface area (Å²) in [4.78, 5) is 12.6. The second-order valence-electron chi connectivity index (χ2n) is 6.44. The van der Waals surface area contributed by atoms with Crippen LogP contribution in [-0.4, -0.2) is 33.1 Å². The van der Waals surface area contributed by atoms with Gasteiger partial charge in [-0.05, 0) is 44.5 Å². The largest absolute Gasteiger partial charge is 0.496 e. The summed E-state index contributed by atoms with van der Waals surface area (Å²) in [5.74, 6) is 7.18. The molecule has 0 spiro atoms. The van der Waals surface area contributed by atoms with Crippen molar-refractivity contribution in [1.82, 2.24) is 14.9 Å². The first-order valence-corrected chi connectivity index (χ1v) is 9.67. The van der Waals surface area contributed by atoms with Gasteiger partial charge in [0.15, 0.2) is 5.82 Å². The molecule has 7 nitrogen and oxygen atoms in total. The van der Waals surface area contributed by atoms with Gasteiger partial charge in [0.2, 0.25) is 11.1 Å². The zero-order valence-electron chi connectivity index (χ0n) is 16.3. The van der Waals surface area contributed by atoms with Crippen LogP contribution < -0.4 is 15.9 Å². The number of benzene rings is 2. The molecule has 0 saturated carbocycles. The molecule has 0 aliphatic rings. The fourth-order valence-corrected chi connectivity index (χ4v) is 3.54. The number of nitrogens with two attached hydrogens (primary N) is 1. The summed E-state index contributed by atoms with van der Waals surface area (Å²) in [6.45, 7) is 5.79. The number of carbonyl (C=O) groups excluding carboxylic acids is 1. The summed E-state index contributed by atoms with van der Waals surface area (Å²) >= 11 is 1.25. The summed E-state index contributed by atoms with van der Waals surface area (Å²) < 4.78 is 6.74. The van der Waals surface area contributed by atoms with Gasteiger partial charge >= 0.3 is 0 Å². The predicted molar refractivity (Wildman–Crippen MR) is 112 cm³/mol. The number of aromatic nitrogens is 3. The number of aryl methyl sites for hydroxylation is 2. The van der Waals surface area contributed by atoms with Crippen LogP contribution in [0.2, 0.25) is 0 Å². The van der Waals surface area contributed by atoms with Crippen LogP contribution >= 0.6 is 11.8 Å². The number of anilines is 1. The van der Waals surface area contributed by atoms with Crippen molar-refractivity contribution in [2.75, 3.05) is 18.3 Å². The van der Waals surface area contributed by atoms with Crippen LogP contribution in [-0.2, 0) is 4.79 Å². The number of rotatable bonds is 6. The number of methoxy groups -OCH3 is 1. The zero-order valence-corrected chi connectivity index (χ0v) is 17.1. The van der Waals surface area contributed by atoms with Crippen LogP contribution in [0.15, 0.2) is 47.6 Å². The normalized spacial score (nSPS) is 11.9. The Balaban J connectivity index is 1.75. The Kier molecular flexibility index (Phi) is 5.89. The number of hydrogen-bond acceptors (Lipinski definition) is 6. The van der Waals surface area contributed by atoms with E-state index in [9.17, 15) is 4.79 Å². The van der Waals surface area contributed by atoms with Crippen molar-refractivity contribution in [3.63, 3.8) is 0 Å². The molecule has 0 bridgehead atoms. The molecule has 0 radical (unpaired) electrons. The van der Waals surface area contributed by atoms with Crippen molar-refractivity contribution in [3.8, 4) is 17.1 Å². The number of thioether (sulfide) groups is 1. The number of para-hydroxylation sites is 1. The molecule has 0 saturated heterocycles. The monoisotopic (exact) mass is 397 g/mol. The number of nitrogens with zero attached hydrogens (tertiary/aromatic N) is 3. The Morgan fingerprint density at radius 2 is 1.96 bits per heavy atom. The topological polar surface area (TPSA) is 95.1 Å². The Bertz CT molecular complexity index is 1000. The van der Waals surface area contributed by atoms with E-state index >= 15 is 0 Å². The van der Waals surface area contributed by atoms with E-state index in [0.717, 1.165) is 22.4 Å². The van der Waals surface area contributed by atoms with E-state index in [1.165, 1.54) is 16.4 Å². The summed E-state index contributed by atoms with van der Waals surface area (Å²) in [5, 5.41) is 11.3. The molecule has 2 aromatic carbocycles. The first kappa shape index (κ1) is 19.8. The van der Waals surface area contributed by atoms with Crippen LogP contribution in [0.4, 0.5) is 5.69 Å². The molecule has 1 amide bonds. The zero-order chi connectivity index (χ0) is 20.3. The third kappa shape index (κ3) is 4.12.